The summed E-state index contributed by atoms with van der Waals surface area (Å²) in [6.07, 6.45) is 3.07. The van der Waals surface area contributed by atoms with E-state index in [1.165, 1.54) is 0 Å². The van der Waals surface area contributed by atoms with Crippen LogP contribution in [0.5, 0.6) is 5.88 Å². The van der Waals surface area contributed by atoms with Crippen LogP contribution in [-0.4, -0.2) is 72.3 Å². The Balaban J connectivity index is 1.60. The van der Waals surface area contributed by atoms with E-state index in [2.05, 4.69) is 9.97 Å². The first kappa shape index (κ1) is 20.0. The van der Waals surface area contributed by atoms with Gasteiger partial charge in [-0.2, -0.15) is 0 Å². The van der Waals surface area contributed by atoms with Crippen LogP contribution in [0, 0.1) is 0 Å². The van der Waals surface area contributed by atoms with E-state index in [1.807, 2.05) is 49.3 Å². The number of nitrogens with zero attached hydrogens (tertiary/aromatic N) is 5. The molecule has 0 N–H and O–H groups in total. The number of hydrogen-bond acceptors (Lipinski definition) is 7. The number of morpholine rings is 1. The molecule has 0 spiro atoms. The van der Waals surface area contributed by atoms with Gasteiger partial charge in [-0.1, -0.05) is 12.1 Å². The highest BCUT2D eigenvalue weighted by atomic mass is 16.5. The highest BCUT2D eigenvalue weighted by Crippen LogP contribution is 2.28. The van der Waals surface area contributed by atoms with E-state index in [9.17, 15) is 4.79 Å². The Kier molecular flexibility index (Phi) is 5.76. The summed E-state index contributed by atoms with van der Waals surface area (Å²) in [6, 6.07) is 10.1. The maximum absolute atomic E-state index is 11.7. The van der Waals surface area contributed by atoms with Crippen molar-refractivity contribution in [1.29, 1.82) is 0 Å². The third-order valence-electron chi connectivity index (χ3n) is 5.09. The van der Waals surface area contributed by atoms with Crippen molar-refractivity contribution in [2.45, 2.75) is 13.0 Å². The standard InChI is InChI=1S/C22H25N5O3/c1-15(28)27-10-11-29-18(13-27)14-30-22-21-20(23-8-9-24-21)12-19(25-22)16-4-6-17(7-5-16)26(2)3/h4-9,12,18H,10-11,13-14H2,1-3H3/t18-/m0/s1. The molecule has 0 saturated carbocycles. The van der Waals surface area contributed by atoms with Gasteiger partial charge in [-0.15, -0.1) is 0 Å². The maximum atomic E-state index is 11.7. The minimum Gasteiger partial charge on any atom is -0.473 e. The molecule has 4 rings (SSSR count). The van der Waals surface area contributed by atoms with E-state index in [-0.39, 0.29) is 18.6 Å². The maximum Gasteiger partial charge on any atom is 0.242 e. The molecule has 3 aromatic rings. The molecule has 0 aliphatic carbocycles. The van der Waals surface area contributed by atoms with Crippen molar-refractivity contribution in [3.8, 4) is 17.1 Å². The van der Waals surface area contributed by atoms with Crippen LogP contribution in [0.25, 0.3) is 22.3 Å². The summed E-state index contributed by atoms with van der Waals surface area (Å²) in [5, 5.41) is 0. The fourth-order valence-corrected chi connectivity index (χ4v) is 3.40. The van der Waals surface area contributed by atoms with E-state index in [4.69, 9.17) is 14.5 Å². The molecule has 1 aliphatic heterocycles. The molecular weight excluding hydrogens is 382 g/mol. The molecule has 1 fully saturated rings. The van der Waals surface area contributed by atoms with Crippen LogP contribution in [0.1, 0.15) is 6.92 Å². The van der Waals surface area contributed by atoms with E-state index in [0.717, 1.165) is 16.9 Å². The number of rotatable bonds is 5. The van der Waals surface area contributed by atoms with Crippen molar-refractivity contribution in [2.24, 2.45) is 0 Å². The molecule has 30 heavy (non-hydrogen) atoms. The molecule has 1 aromatic carbocycles. The van der Waals surface area contributed by atoms with Crippen molar-refractivity contribution < 1.29 is 14.3 Å². The number of hydrogen-bond donors (Lipinski definition) is 0. The highest BCUT2D eigenvalue weighted by molar-refractivity contribution is 5.83. The predicted octanol–water partition coefficient (Wildman–Crippen LogP) is 2.38. The van der Waals surface area contributed by atoms with Gasteiger partial charge in [-0.25, -0.2) is 9.97 Å². The zero-order valence-corrected chi connectivity index (χ0v) is 17.4. The monoisotopic (exact) mass is 407 g/mol. The Morgan fingerprint density at radius 2 is 2.00 bits per heavy atom. The molecule has 0 bridgehead atoms. The first-order valence-electron chi connectivity index (χ1n) is 9.90. The van der Waals surface area contributed by atoms with Crippen molar-refractivity contribution in [1.82, 2.24) is 19.9 Å². The molecule has 1 amide bonds. The van der Waals surface area contributed by atoms with Gasteiger partial charge in [0, 0.05) is 51.2 Å². The van der Waals surface area contributed by atoms with Crippen molar-refractivity contribution in [3.05, 3.63) is 42.7 Å². The second-order valence-electron chi connectivity index (χ2n) is 7.45. The number of benzene rings is 1. The number of pyridine rings is 1. The average Bonchev–Trinajstić information content (AvgIpc) is 2.77. The molecule has 2 aromatic heterocycles. The molecule has 156 valence electrons. The largest absolute Gasteiger partial charge is 0.473 e. The number of fused-ring (bicyclic) bond motifs is 1. The summed E-state index contributed by atoms with van der Waals surface area (Å²) in [5.74, 6) is 0.455. The number of ether oxygens (including phenoxy) is 2. The van der Waals surface area contributed by atoms with Gasteiger partial charge in [0.15, 0.2) is 5.52 Å². The van der Waals surface area contributed by atoms with E-state index < -0.39 is 0 Å². The molecular formula is C22H25N5O3. The Morgan fingerprint density at radius 3 is 2.73 bits per heavy atom. The topological polar surface area (TPSA) is 80.7 Å². The van der Waals surface area contributed by atoms with Gasteiger partial charge >= 0.3 is 0 Å². The normalized spacial score (nSPS) is 16.5. The van der Waals surface area contributed by atoms with Crippen molar-refractivity contribution in [3.63, 3.8) is 0 Å². The first-order chi connectivity index (χ1) is 14.5. The summed E-state index contributed by atoms with van der Waals surface area (Å²) in [7, 11) is 4.01. The highest BCUT2D eigenvalue weighted by Gasteiger charge is 2.23. The zero-order chi connectivity index (χ0) is 21.1. The molecule has 8 heteroatoms. The van der Waals surface area contributed by atoms with Crippen LogP contribution < -0.4 is 9.64 Å². The summed E-state index contributed by atoms with van der Waals surface area (Å²) in [4.78, 5) is 29.0. The lowest BCUT2D eigenvalue weighted by molar-refractivity contribution is -0.137. The van der Waals surface area contributed by atoms with E-state index >= 15 is 0 Å². The third kappa shape index (κ3) is 4.33. The Hall–Kier alpha value is -3.26. The number of carbonyl (C=O) groups is 1. The molecule has 8 nitrogen and oxygen atoms in total. The van der Waals surface area contributed by atoms with Gasteiger partial charge in [-0.3, -0.25) is 9.78 Å². The van der Waals surface area contributed by atoms with Gasteiger partial charge in [0.05, 0.1) is 24.4 Å². The molecule has 1 aliphatic rings. The fourth-order valence-electron chi connectivity index (χ4n) is 3.40. The van der Waals surface area contributed by atoms with Crippen LogP contribution >= 0.6 is 0 Å². The van der Waals surface area contributed by atoms with Crippen molar-refractivity contribution in [2.75, 3.05) is 45.3 Å². The lowest BCUT2D eigenvalue weighted by atomic mass is 10.1. The lowest BCUT2D eigenvalue weighted by Gasteiger charge is -2.32. The number of anilines is 1. The number of aromatic nitrogens is 3. The fraction of sp³-hybridized carbons (Fsp3) is 0.364. The second kappa shape index (κ2) is 8.62. The molecule has 1 atom stereocenters. The molecule has 0 unspecified atom stereocenters. The Labute approximate surface area is 175 Å². The molecule has 1 saturated heterocycles. The predicted molar refractivity (Wildman–Crippen MR) is 115 cm³/mol. The SMILES string of the molecule is CC(=O)N1CCO[C@H](COc2nc(-c3ccc(N(C)C)cc3)cc3nccnc23)C1. The minimum absolute atomic E-state index is 0.0425. The second-order valence-corrected chi connectivity index (χ2v) is 7.45. The first-order valence-corrected chi connectivity index (χ1v) is 9.90. The third-order valence-corrected chi connectivity index (χ3v) is 5.09. The van der Waals surface area contributed by atoms with Crippen LogP contribution in [0.15, 0.2) is 42.7 Å². The van der Waals surface area contributed by atoms with Crippen LogP contribution in [0.2, 0.25) is 0 Å². The minimum atomic E-state index is -0.209. The van der Waals surface area contributed by atoms with Gasteiger partial charge in [0.2, 0.25) is 11.8 Å². The average molecular weight is 407 g/mol. The van der Waals surface area contributed by atoms with Crippen molar-refractivity contribution >= 4 is 22.6 Å². The van der Waals surface area contributed by atoms with E-state index in [1.54, 1.807) is 24.2 Å². The van der Waals surface area contributed by atoms with Crippen LogP contribution in [0.3, 0.4) is 0 Å². The van der Waals surface area contributed by atoms with Gasteiger partial charge in [-0.05, 0) is 18.2 Å². The number of amides is 1. The van der Waals surface area contributed by atoms with Crippen LogP contribution in [0.4, 0.5) is 5.69 Å². The molecule has 0 radical (unpaired) electrons. The molecule has 3 heterocycles. The lowest BCUT2D eigenvalue weighted by Crippen LogP contribution is -2.46. The van der Waals surface area contributed by atoms with Gasteiger partial charge in [0.1, 0.15) is 12.7 Å². The van der Waals surface area contributed by atoms with Crippen LogP contribution in [-0.2, 0) is 9.53 Å². The van der Waals surface area contributed by atoms with Gasteiger partial charge in [0.25, 0.3) is 0 Å². The zero-order valence-electron chi connectivity index (χ0n) is 17.4. The Morgan fingerprint density at radius 1 is 1.23 bits per heavy atom. The van der Waals surface area contributed by atoms with E-state index in [0.29, 0.717) is 36.6 Å². The Bertz CT molecular complexity index is 1040. The summed E-state index contributed by atoms with van der Waals surface area (Å²) in [5.41, 5.74) is 4.16. The summed E-state index contributed by atoms with van der Waals surface area (Å²) >= 11 is 0. The quantitative estimate of drug-likeness (QED) is 0.642. The summed E-state index contributed by atoms with van der Waals surface area (Å²) in [6.45, 7) is 3.46. The smallest absolute Gasteiger partial charge is 0.242 e. The summed E-state index contributed by atoms with van der Waals surface area (Å²) < 4.78 is 11.8. The number of carbonyl (C=O) groups excluding carboxylic acids is 1. The van der Waals surface area contributed by atoms with Gasteiger partial charge < -0.3 is 19.3 Å².